The highest BCUT2D eigenvalue weighted by atomic mass is 16.5. The van der Waals surface area contributed by atoms with Crippen molar-refractivity contribution in [3.05, 3.63) is 75.3 Å². The predicted octanol–water partition coefficient (Wildman–Crippen LogP) is 2.31. The number of ether oxygens (including phenoxy) is 2. The smallest absolute Gasteiger partial charge is 0.331 e. The second kappa shape index (κ2) is 8.97. The Hall–Kier alpha value is -3.72. The fraction of sp³-hybridized carbons (Fsp3) is 0.273. The molecule has 0 radical (unpaired) electrons. The zero-order chi connectivity index (χ0) is 21.8. The van der Waals surface area contributed by atoms with Crippen LogP contribution in [0.25, 0.3) is 22.3 Å². The lowest BCUT2D eigenvalue weighted by Gasteiger charge is -2.12. The molecule has 160 valence electrons. The first kappa shape index (κ1) is 20.5. The molecule has 0 N–H and O–H groups in total. The summed E-state index contributed by atoms with van der Waals surface area (Å²) >= 11 is 0. The fourth-order valence-corrected chi connectivity index (χ4v) is 3.42. The van der Waals surface area contributed by atoms with Gasteiger partial charge in [-0.05, 0) is 30.7 Å². The summed E-state index contributed by atoms with van der Waals surface area (Å²) < 4.78 is 18.4. The van der Waals surface area contributed by atoms with Gasteiger partial charge in [0, 0.05) is 25.8 Å². The highest BCUT2D eigenvalue weighted by Crippen LogP contribution is 2.21. The van der Waals surface area contributed by atoms with E-state index in [1.54, 1.807) is 44.6 Å². The zero-order valence-corrected chi connectivity index (χ0v) is 17.3. The standard InChI is InChI=1S/C22H22N4O5/c1-29-12-6-11-25-21(27)17-9-3-4-10-18(17)26(22(25)28)14-19-23-20(24-31-19)15-7-5-8-16(13-15)30-2/h3-5,7-10,13H,6,11-12,14H2,1-2H3. The van der Waals surface area contributed by atoms with Gasteiger partial charge in [0.2, 0.25) is 11.7 Å². The summed E-state index contributed by atoms with van der Waals surface area (Å²) in [7, 11) is 3.16. The third-order valence-electron chi connectivity index (χ3n) is 4.95. The molecule has 9 heteroatoms. The quantitative estimate of drug-likeness (QED) is 0.402. The van der Waals surface area contributed by atoms with Crippen molar-refractivity contribution < 1.29 is 14.0 Å². The summed E-state index contributed by atoms with van der Waals surface area (Å²) in [6, 6.07) is 14.3. The maximum absolute atomic E-state index is 13.1. The Labute approximate surface area is 177 Å². The molecule has 0 fully saturated rings. The van der Waals surface area contributed by atoms with Crippen LogP contribution < -0.4 is 16.0 Å². The highest BCUT2D eigenvalue weighted by molar-refractivity contribution is 5.77. The molecule has 2 aromatic heterocycles. The predicted molar refractivity (Wildman–Crippen MR) is 114 cm³/mol. The van der Waals surface area contributed by atoms with Gasteiger partial charge in [-0.25, -0.2) is 4.79 Å². The summed E-state index contributed by atoms with van der Waals surface area (Å²) in [6.07, 6.45) is 0.546. The Balaban J connectivity index is 1.74. The van der Waals surface area contributed by atoms with Crippen LogP contribution in [0.3, 0.4) is 0 Å². The maximum Gasteiger partial charge on any atom is 0.331 e. The van der Waals surface area contributed by atoms with Crippen LogP contribution in [0, 0.1) is 0 Å². The van der Waals surface area contributed by atoms with E-state index in [0.717, 1.165) is 5.56 Å². The van der Waals surface area contributed by atoms with E-state index in [4.69, 9.17) is 14.0 Å². The highest BCUT2D eigenvalue weighted by Gasteiger charge is 2.16. The maximum atomic E-state index is 13.1. The van der Waals surface area contributed by atoms with Crippen LogP contribution >= 0.6 is 0 Å². The number of methoxy groups -OCH3 is 2. The van der Waals surface area contributed by atoms with E-state index in [-0.39, 0.29) is 24.5 Å². The number of benzene rings is 2. The van der Waals surface area contributed by atoms with Crippen LogP contribution in [-0.2, 0) is 17.8 Å². The average Bonchev–Trinajstić information content (AvgIpc) is 3.28. The molecule has 0 spiro atoms. The number of hydrogen-bond donors (Lipinski definition) is 0. The number of aromatic nitrogens is 4. The summed E-state index contributed by atoms with van der Waals surface area (Å²) in [6.45, 7) is 0.752. The molecule has 0 saturated heterocycles. The molecule has 0 aliphatic carbocycles. The SMILES string of the molecule is COCCCn1c(=O)c2ccccc2n(Cc2nc(-c3cccc(OC)c3)no2)c1=O. The van der Waals surface area contributed by atoms with E-state index in [9.17, 15) is 9.59 Å². The lowest BCUT2D eigenvalue weighted by molar-refractivity contribution is 0.189. The monoisotopic (exact) mass is 422 g/mol. The first-order valence-corrected chi connectivity index (χ1v) is 9.80. The van der Waals surface area contributed by atoms with E-state index in [0.29, 0.717) is 35.5 Å². The van der Waals surface area contributed by atoms with Crippen LogP contribution in [0.15, 0.2) is 62.6 Å². The van der Waals surface area contributed by atoms with Crippen molar-refractivity contribution in [3.63, 3.8) is 0 Å². The molecule has 0 saturated carbocycles. The van der Waals surface area contributed by atoms with Crippen molar-refractivity contribution in [1.82, 2.24) is 19.3 Å². The number of hydrogen-bond acceptors (Lipinski definition) is 7. The molecular formula is C22H22N4O5. The van der Waals surface area contributed by atoms with Crippen LogP contribution in [0.2, 0.25) is 0 Å². The van der Waals surface area contributed by atoms with Crippen LogP contribution in [0.4, 0.5) is 0 Å². The topological polar surface area (TPSA) is 101 Å². The molecule has 31 heavy (non-hydrogen) atoms. The van der Waals surface area contributed by atoms with Gasteiger partial charge in [0.15, 0.2) is 0 Å². The lowest BCUT2D eigenvalue weighted by Crippen LogP contribution is -2.40. The van der Waals surface area contributed by atoms with Gasteiger partial charge in [-0.2, -0.15) is 4.98 Å². The van der Waals surface area contributed by atoms with Crippen molar-refractivity contribution in [2.24, 2.45) is 0 Å². The summed E-state index contributed by atoms with van der Waals surface area (Å²) in [5, 5.41) is 4.48. The summed E-state index contributed by atoms with van der Waals surface area (Å²) in [4.78, 5) is 30.4. The van der Waals surface area contributed by atoms with Crippen molar-refractivity contribution in [2.75, 3.05) is 20.8 Å². The second-order valence-electron chi connectivity index (χ2n) is 6.93. The molecular weight excluding hydrogens is 400 g/mol. The largest absolute Gasteiger partial charge is 0.497 e. The molecule has 0 bridgehead atoms. The number of nitrogens with zero attached hydrogens (tertiary/aromatic N) is 4. The lowest BCUT2D eigenvalue weighted by atomic mass is 10.2. The number of fused-ring (bicyclic) bond motifs is 1. The summed E-state index contributed by atoms with van der Waals surface area (Å²) in [5.74, 6) is 1.32. The van der Waals surface area contributed by atoms with E-state index >= 15 is 0 Å². The Morgan fingerprint density at radius 1 is 1.03 bits per heavy atom. The minimum absolute atomic E-state index is 0.0425. The molecule has 4 rings (SSSR count). The Bertz CT molecular complexity index is 1320. The molecule has 0 aliphatic heterocycles. The van der Waals surface area contributed by atoms with E-state index in [2.05, 4.69) is 10.1 Å². The first-order chi connectivity index (χ1) is 15.1. The minimum atomic E-state index is -0.430. The molecule has 9 nitrogen and oxygen atoms in total. The molecule has 0 atom stereocenters. The van der Waals surface area contributed by atoms with Gasteiger partial charge in [-0.1, -0.05) is 29.4 Å². The third-order valence-corrected chi connectivity index (χ3v) is 4.95. The van der Waals surface area contributed by atoms with Crippen LogP contribution in [0.5, 0.6) is 5.75 Å². The fourth-order valence-electron chi connectivity index (χ4n) is 3.42. The normalized spacial score (nSPS) is 11.2. The zero-order valence-electron chi connectivity index (χ0n) is 17.3. The van der Waals surface area contributed by atoms with Crippen LogP contribution in [-0.4, -0.2) is 40.1 Å². The molecule has 0 aliphatic rings. The van der Waals surface area contributed by atoms with Crippen molar-refractivity contribution in [1.29, 1.82) is 0 Å². The van der Waals surface area contributed by atoms with Gasteiger partial charge < -0.3 is 14.0 Å². The van der Waals surface area contributed by atoms with Gasteiger partial charge in [0.05, 0.1) is 18.0 Å². The van der Waals surface area contributed by atoms with Gasteiger partial charge in [0.25, 0.3) is 5.56 Å². The van der Waals surface area contributed by atoms with Gasteiger partial charge in [0.1, 0.15) is 12.3 Å². The molecule has 2 heterocycles. The average molecular weight is 422 g/mol. The van der Waals surface area contributed by atoms with Crippen molar-refractivity contribution in [2.45, 2.75) is 19.5 Å². The number of para-hydroxylation sites is 1. The Morgan fingerprint density at radius 3 is 2.68 bits per heavy atom. The third kappa shape index (κ3) is 4.13. The van der Waals surface area contributed by atoms with Crippen molar-refractivity contribution >= 4 is 10.9 Å². The van der Waals surface area contributed by atoms with Gasteiger partial charge >= 0.3 is 5.69 Å². The minimum Gasteiger partial charge on any atom is -0.497 e. The molecule has 0 amide bonds. The van der Waals surface area contributed by atoms with Crippen molar-refractivity contribution in [3.8, 4) is 17.1 Å². The van der Waals surface area contributed by atoms with Gasteiger partial charge in [-0.15, -0.1) is 0 Å². The van der Waals surface area contributed by atoms with Crippen LogP contribution in [0.1, 0.15) is 12.3 Å². The van der Waals surface area contributed by atoms with E-state index < -0.39 is 5.69 Å². The molecule has 0 unspecified atom stereocenters. The van der Waals surface area contributed by atoms with E-state index in [1.807, 2.05) is 18.2 Å². The molecule has 4 aromatic rings. The molecule has 2 aromatic carbocycles. The van der Waals surface area contributed by atoms with Gasteiger partial charge in [-0.3, -0.25) is 13.9 Å². The first-order valence-electron chi connectivity index (χ1n) is 9.80. The Kier molecular flexibility index (Phi) is 5.94. The summed E-state index contributed by atoms with van der Waals surface area (Å²) in [5.41, 5.74) is 0.495. The Morgan fingerprint density at radius 2 is 1.87 bits per heavy atom. The van der Waals surface area contributed by atoms with E-state index in [1.165, 1.54) is 9.13 Å². The number of rotatable bonds is 8. The second-order valence-corrected chi connectivity index (χ2v) is 6.93.